The summed E-state index contributed by atoms with van der Waals surface area (Å²) in [7, 11) is 1.63. The first-order chi connectivity index (χ1) is 13.1. The summed E-state index contributed by atoms with van der Waals surface area (Å²) in [4.78, 5) is 16.9. The molecule has 1 atom stereocenters. The summed E-state index contributed by atoms with van der Waals surface area (Å²) < 4.78 is 5.33. The zero-order valence-electron chi connectivity index (χ0n) is 15.9. The van der Waals surface area contributed by atoms with Crippen molar-refractivity contribution in [3.8, 4) is 11.5 Å². The van der Waals surface area contributed by atoms with Gasteiger partial charge in [0.25, 0.3) is 0 Å². The van der Waals surface area contributed by atoms with Gasteiger partial charge in [0.2, 0.25) is 5.91 Å². The number of nitrogens with one attached hydrogen (secondary N) is 1. The first-order valence-corrected chi connectivity index (χ1v) is 9.26. The Kier molecular flexibility index (Phi) is 6.19. The van der Waals surface area contributed by atoms with Crippen molar-refractivity contribution in [1.82, 2.24) is 10.2 Å². The summed E-state index contributed by atoms with van der Waals surface area (Å²) in [6.07, 6.45) is 0. The Hall–Kier alpha value is -2.73. The van der Waals surface area contributed by atoms with Gasteiger partial charge in [0.1, 0.15) is 11.5 Å². The molecule has 0 aromatic heterocycles. The molecule has 0 unspecified atom stereocenters. The van der Waals surface area contributed by atoms with Gasteiger partial charge in [0, 0.05) is 38.3 Å². The molecule has 6 heteroatoms. The maximum absolute atomic E-state index is 12.6. The Morgan fingerprint density at radius 1 is 1.11 bits per heavy atom. The molecule has 0 saturated carbocycles. The van der Waals surface area contributed by atoms with Crippen molar-refractivity contribution in [2.75, 3.05) is 38.2 Å². The van der Waals surface area contributed by atoms with Gasteiger partial charge in [-0.15, -0.1) is 0 Å². The Bertz CT molecular complexity index is 773. The lowest BCUT2D eigenvalue weighted by Crippen LogP contribution is -2.53. The molecule has 1 fully saturated rings. The molecule has 1 aliphatic heterocycles. The lowest BCUT2D eigenvalue weighted by atomic mass is 10.1. The van der Waals surface area contributed by atoms with Gasteiger partial charge >= 0.3 is 0 Å². The second-order valence-corrected chi connectivity index (χ2v) is 6.72. The number of aromatic hydroxyl groups is 1. The molecule has 1 saturated heterocycles. The molecule has 3 rings (SSSR count). The highest BCUT2D eigenvalue weighted by Crippen LogP contribution is 2.27. The number of ether oxygens (including phenoxy) is 1. The standard InChI is InChI=1S/C21H27N3O3/c1-16(21(26)22-15-17-7-3-6-10-20(17)27-2)23-11-13-24(14-12-23)18-8-4-5-9-19(18)25/h3-10,16,25H,11-15H2,1-2H3,(H,22,26)/t16-/m1/s1. The summed E-state index contributed by atoms with van der Waals surface area (Å²) in [5.74, 6) is 1.09. The summed E-state index contributed by atoms with van der Waals surface area (Å²) in [6, 6.07) is 14.9. The SMILES string of the molecule is COc1ccccc1CNC(=O)[C@@H](C)N1CCN(c2ccccc2O)CC1. The highest BCUT2D eigenvalue weighted by molar-refractivity contribution is 5.81. The van der Waals surface area contributed by atoms with E-state index in [1.807, 2.05) is 49.4 Å². The number of phenolic OH excluding ortho intramolecular Hbond substituents is 1. The predicted molar refractivity (Wildman–Crippen MR) is 106 cm³/mol. The molecule has 2 N–H and O–H groups in total. The third-order valence-corrected chi connectivity index (χ3v) is 5.11. The second kappa shape index (κ2) is 8.77. The van der Waals surface area contributed by atoms with Crippen LogP contribution >= 0.6 is 0 Å². The number of hydrogen-bond acceptors (Lipinski definition) is 5. The largest absolute Gasteiger partial charge is 0.506 e. The normalized spacial score (nSPS) is 16.0. The first kappa shape index (κ1) is 19.0. The molecular weight excluding hydrogens is 342 g/mol. The van der Waals surface area contributed by atoms with Gasteiger partial charge in [-0.25, -0.2) is 0 Å². The summed E-state index contributed by atoms with van der Waals surface area (Å²) >= 11 is 0. The predicted octanol–water partition coefficient (Wildman–Crippen LogP) is 2.23. The van der Waals surface area contributed by atoms with E-state index in [4.69, 9.17) is 4.74 Å². The van der Waals surface area contributed by atoms with Crippen LogP contribution in [0.4, 0.5) is 5.69 Å². The number of para-hydroxylation sites is 3. The molecule has 27 heavy (non-hydrogen) atoms. The fourth-order valence-electron chi connectivity index (χ4n) is 3.43. The van der Waals surface area contributed by atoms with Crippen LogP contribution in [0.1, 0.15) is 12.5 Å². The van der Waals surface area contributed by atoms with Crippen molar-refractivity contribution in [2.45, 2.75) is 19.5 Å². The molecule has 0 bridgehead atoms. The molecule has 0 spiro atoms. The molecule has 1 aliphatic rings. The fraction of sp³-hybridized carbons (Fsp3) is 0.381. The topological polar surface area (TPSA) is 65.0 Å². The van der Waals surface area contributed by atoms with E-state index in [1.54, 1.807) is 13.2 Å². The maximum Gasteiger partial charge on any atom is 0.237 e. The third kappa shape index (κ3) is 4.52. The Morgan fingerprint density at radius 2 is 1.78 bits per heavy atom. The van der Waals surface area contributed by atoms with Crippen LogP contribution in [0.15, 0.2) is 48.5 Å². The zero-order chi connectivity index (χ0) is 19.2. The smallest absolute Gasteiger partial charge is 0.237 e. The summed E-state index contributed by atoms with van der Waals surface area (Å²) in [6.45, 7) is 5.50. The number of methoxy groups -OCH3 is 1. The van der Waals surface area contributed by atoms with Crippen LogP contribution < -0.4 is 15.0 Å². The number of benzene rings is 2. The van der Waals surface area contributed by atoms with E-state index in [2.05, 4.69) is 15.1 Å². The highest BCUT2D eigenvalue weighted by Gasteiger charge is 2.26. The average Bonchev–Trinajstić information content (AvgIpc) is 2.72. The monoisotopic (exact) mass is 369 g/mol. The van der Waals surface area contributed by atoms with Gasteiger partial charge in [-0.3, -0.25) is 9.69 Å². The number of hydrogen-bond donors (Lipinski definition) is 2. The van der Waals surface area contributed by atoms with E-state index in [-0.39, 0.29) is 11.9 Å². The van der Waals surface area contributed by atoms with E-state index < -0.39 is 0 Å². The number of carbonyl (C=O) groups excluding carboxylic acids is 1. The molecular formula is C21H27N3O3. The van der Waals surface area contributed by atoms with Gasteiger partial charge in [-0.2, -0.15) is 0 Å². The van der Waals surface area contributed by atoms with E-state index in [0.29, 0.717) is 12.3 Å². The Morgan fingerprint density at radius 3 is 2.48 bits per heavy atom. The summed E-state index contributed by atoms with van der Waals surface area (Å²) in [5, 5.41) is 13.0. The van der Waals surface area contributed by atoms with Crippen LogP contribution in [0.3, 0.4) is 0 Å². The lowest BCUT2D eigenvalue weighted by molar-refractivity contribution is -0.126. The van der Waals surface area contributed by atoms with Crippen molar-refractivity contribution >= 4 is 11.6 Å². The molecule has 1 heterocycles. The van der Waals surface area contributed by atoms with Crippen LogP contribution in [0.25, 0.3) is 0 Å². The van der Waals surface area contributed by atoms with Gasteiger partial charge < -0.3 is 20.1 Å². The van der Waals surface area contributed by atoms with Crippen molar-refractivity contribution in [2.24, 2.45) is 0 Å². The minimum Gasteiger partial charge on any atom is -0.506 e. The van der Waals surface area contributed by atoms with Crippen molar-refractivity contribution < 1.29 is 14.6 Å². The van der Waals surface area contributed by atoms with E-state index >= 15 is 0 Å². The number of anilines is 1. The molecule has 144 valence electrons. The molecule has 6 nitrogen and oxygen atoms in total. The number of rotatable bonds is 6. The van der Waals surface area contributed by atoms with Crippen molar-refractivity contribution in [3.63, 3.8) is 0 Å². The van der Waals surface area contributed by atoms with Crippen LogP contribution in [0, 0.1) is 0 Å². The highest BCUT2D eigenvalue weighted by atomic mass is 16.5. The van der Waals surface area contributed by atoms with Gasteiger partial charge in [-0.05, 0) is 25.1 Å². The molecule has 0 aliphatic carbocycles. The molecule has 1 amide bonds. The quantitative estimate of drug-likeness (QED) is 0.818. The van der Waals surface area contributed by atoms with E-state index in [9.17, 15) is 9.90 Å². The van der Waals surface area contributed by atoms with Crippen LogP contribution in [-0.2, 0) is 11.3 Å². The van der Waals surface area contributed by atoms with Gasteiger partial charge in [-0.1, -0.05) is 30.3 Å². The lowest BCUT2D eigenvalue weighted by Gasteiger charge is -2.38. The average molecular weight is 369 g/mol. The minimum absolute atomic E-state index is 0.0110. The molecule has 2 aromatic carbocycles. The number of amides is 1. The summed E-state index contributed by atoms with van der Waals surface area (Å²) in [5.41, 5.74) is 1.82. The maximum atomic E-state index is 12.6. The third-order valence-electron chi connectivity index (χ3n) is 5.11. The van der Waals surface area contributed by atoms with E-state index in [0.717, 1.165) is 43.2 Å². The minimum atomic E-state index is -0.203. The number of nitrogens with zero attached hydrogens (tertiary/aromatic N) is 2. The van der Waals surface area contributed by atoms with E-state index in [1.165, 1.54) is 0 Å². The Labute approximate surface area is 160 Å². The van der Waals surface area contributed by atoms with Crippen LogP contribution in [0.2, 0.25) is 0 Å². The van der Waals surface area contributed by atoms with Crippen LogP contribution in [0.5, 0.6) is 11.5 Å². The van der Waals surface area contributed by atoms with Gasteiger partial charge in [0.05, 0.1) is 18.8 Å². The number of piperazine rings is 1. The first-order valence-electron chi connectivity index (χ1n) is 9.26. The Balaban J connectivity index is 1.52. The molecule has 2 aromatic rings. The van der Waals surface area contributed by atoms with Crippen LogP contribution in [-0.4, -0.2) is 55.2 Å². The van der Waals surface area contributed by atoms with Gasteiger partial charge in [0.15, 0.2) is 0 Å². The number of carbonyl (C=O) groups is 1. The fourth-order valence-corrected chi connectivity index (χ4v) is 3.43. The van der Waals surface area contributed by atoms with Crippen molar-refractivity contribution in [3.05, 3.63) is 54.1 Å². The second-order valence-electron chi connectivity index (χ2n) is 6.72. The number of phenols is 1. The zero-order valence-corrected chi connectivity index (χ0v) is 15.9. The molecule has 0 radical (unpaired) electrons. The van der Waals surface area contributed by atoms with Crippen molar-refractivity contribution in [1.29, 1.82) is 0 Å².